The van der Waals surface area contributed by atoms with Crippen molar-refractivity contribution in [1.82, 2.24) is 5.32 Å². The van der Waals surface area contributed by atoms with Gasteiger partial charge in [-0.1, -0.05) is 11.6 Å². The summed E-state index contributed by atoms with van der Waals surface area (Å²) in [5.41, 5.74) is 7.20. The lowest BCUT2D eigenvalue weighted by atomic mass is 10.1. The third-order valence-electron chi connectivity index (χ3n) is 2.21. The molecule has 1 rings (SSSR count). The van der Waals surface area contributed by atoms with Gasteiger partial charge in [0.15, 0.2) is 0 Å². The van der Waals surface area contributed by atoms with Gasteiger partial charge in [-0.25, -0.2) is 4.79 Å². The molecule has 0 fully saturated rings. The van der Waals surface area contributed by atoms with Crippen molar-refractivity contribution in [3.63, 3.8) is 0 Å². The van der Waals surface area contributed by atoms with E-state index in [-0.39, 0.29) is 5.70 Å². The molecule has 0 aliphatic heterocycles. The number of carboxylic acids is 1. The number of amides is 1. The number of rotatable bonds is 3. The summed E-state index contributed by atoms with van der Waals surface area (Å²) in [4.78, 5) is 21.8. The van der Waals surface area contributed by atoms with E-state index in [9.17, 15) is 9.59 Å². The van der Waals surface area contributed by atoms with Crippen molar-refractivity contribution in [1.29, 1.82) is 0 Å². The van der Waals surface area contributed by atoms with Crippen molar-refractivity contribution < 1.29 is 14.7 Å². The highest BCUT2D eigenvalue weighted by Gasteiger charge is 2.10. The maximum atomic E-state index is 10.9. The second-order valence-electron chi connectivity index (χ2n) is 3.78. The molecule has 0 radical (unpaired) electrons. The molecule has 0 aromatic heterocycles. The Bertz CT molecular complexity index is 515. The van der Waals surface area contributed by atoms with E-state index >= 15 is 0 Å². The molecular formula is C12H13ClN2O3. The molecule has 1 amide bonds. The number of nitrogens with two attached hydrogens (primary N) is 1. The summed E-state index contributed by atoms with van der Waals surface area (Å²) in [6.45, 7) is 3.00. The number of carboxylic acid groups (broad SMARTS) is 1. The lowest BCUT2D eigenvalue weighted by Crippen LogP contribution is -2.24. The Labute approximate surface area is 109 Å². The van der Waals surface area contributed by atoms with Crippen molar-refractivity contribution in [3.05, 3.63) is 34.0 Å². The fourth-order valence-corrected chi connectivity index (χ4v) is 1.65. The van der Waals surface area contributed by atoms with Gasteiger partial charge in [-0.2, -0.15) is 0 Å². The van der Waals surface area contributed by atoms with Gasteiger partial charge in [0.1, 0.15) is 5.70 Å². The van der Waals surface area contributed by atoms with Crippen molar-refractivity contribution in [2.45, 2.75) is 13.8 Å². The van der Waals surface area contributed by atoms with Crippen molar-refractivity contribution >= 4 is 35.2 Å². The molecule has 0 saturated heterocycles. The zero-order chi connectivity index (χ0) is 13.9. The predicted octanol–water partition coefficient (Wildman–Crippen LogP) is 1.79. The van der Waals surface area contributed by atoms with E-state index in [4.69, 9.17) is 22.4 Å². The zero-order valence-corrected chi connectivity index (χ0v) is 10.7. The third kappa shape index (κ3) is 3.49. The number of carbonyl (C=O) groups excluding carboxylic acids is 1. The molecule has 0 bridgehead atoms. The fourth-order valence-electron chi connectivity index (χ4n) is 1.37. The number of nitrogen functional groups attached to an aromatic ring is 1. The number of nitrogens with one attached hydrogen (secondary N) is 1. The number of carbonyl (C=O) groups is 2. The lowest BCUT2D eigenvalue weighted by Gasteiger charge is -2.06. The number of hydrogen-bond acceptors (Lipinski definition) is 3. The van der Waals surface area contributed by atoms with Crippen LogP contribution in [0, 0.1) is 6.92 Å². The molecule has 1 aromatic rings. The predicted molar refractivity (Wildman–Crippen MR) is 70.0 cm³/mol. The highest BCUT2D eigenvalue weighted by atomic mass is 35.5. The van der Waals surface area contributed by atoms with Crippen molar-refractivity contribution in [2.24, 2.45) is 0 Å². The molecule has 0 aliphatic carbocycles. The van der Waals surface area contributed by atoms with Gasteiger partial charge in [0.2, 0.25) is 5.91 Å². The minimum Gasteiger partial charge on any atom is -0.477 e. The second-order valence-corrected chi connectivity index (χ2v) is 4.18. The summed E-state index contributed by atoms with van der Waals surface area (Å²) >= 11 is 5.90. The van der Waals surface area contributed by atoms with Gasteiger partial charge in [-0.3, -0.25) is 4.79 Å². The standard InChI is InChI=1S/C12H13ClN2O3/c1-6-3-8(4-9(13)11(6)14)5-10(12(17)18)15-7(2)16/h3-5H,14H2,1-2H3,(H,15,16)(H,17,18)/b10-5+. The molecule has 0 spiro atoms. The van der Waals surface area contributed by atoms with Crippen LogP contribution in [-0.2, 0) is 9.59 Å². The normalized spacial score (nSPS) is 11.2. The minimum atomic E-state index is -1.23. The van der Waals surface area contributed by atoms with Gasteiger partial charge in [0, 0.05) is 6.92 Å². The number of aryl methyl sites for hydroxylation is 1. The first-order valence-electron chi connectivity index (χ1n) is 5.09. The Morgan fingerprint density at radius 1 is 1.44 bits per heavy atom. The SMILES string of the molecule is CC(=O)N/C(=C/c1cc(C)c(N)c(Cl)c1)C(=O)O. The number of aliphatic carboxylic acids is 1. The Hall–Kier alpha value is -2.01. The first kappa shape index (κ1) is 14.1. The minimum absolute atomic E-state index is 0.220. The molecule has 1 aromatic carbocycles. The van der Waals surface area contributed by atoms with Crippen LogP contribution in [0.4, 0.5) is 5.69 Å². The molecule has 5 nitrogen and oxygen atoms in total. The highest BCUT2D eigenvalue weighted by Crippen LogP contribution is 2.25. The topological polar surface area (TPSA) is 92.4 Å². The monoisotopic (exact) mass is 268 g/mol. The van der Waals surface area contributed by atoms with Crippen molar-refractivity contribution in [3.8, 4) is 0 Å². The second kappa shape index (κ2) is 5.55. The quantitative estimate of drug-likeness (QED) is 0.576. The summed E-state index contributed by atoms with van der Waals surface area (Å²) in [5, 5.41) is 11.5. The molecule has 0 aliphatic rings. The van der Waals surface area contributed by atoms with E-state index in [1.165, 1.54) is 19.1 Å². The third-order valence-corrected chi connectivity index (χ3v) is 2.52. The first-order valence-corrected chi connectivity index (χ1v) is 5.47. The molecule has 96 valence electrons. The molecule has 0 unspecified atom stereocenters. The van der Waals surface area contributed by atoms with E-state index in [2.05, 4.69) is 5.32 Å². The molecule has 6 heteroatoms. The van der Waals surface area contributed by atoms with Crippen LogP contribution in [0.2, 0.25) is 5.02 Å². The Kier molecular flexibility index (Phi) is 4.33. The number of hydrogen-bond donors (Lipinski definition) is 3. The van der Waals surface area contributed by atoms with Crippen LogP contribution < -0.4 is 11.1 Å². The van der Waals surface area contributed by atoms with Crippen LogP contribution in [0.15, 0.2) is 17.8 Å². The summed E-state index contributed by atoms with van der Waals surface area (Å²) < 4.78 is 0. The lowest BCUT2D eigenvalue weighted by molar-refractivity contribution is -0.134. The summed E-state index contributed by atoms with van der Waals surface area (Å²) in [6.07, 6.45) is 1.32. The molecule has 0 atom stereocenters. The average Bonchev–Trinajstić information content (AvgIpc) is 2.24. The van der Waals surface area contributed by atoms with Crippen LogP contribution in [0.25, 0.3) is 6.08 Å². The fraction of sp³-hybridized carbons (Fsp3) is 0.167. The maximum Gasteiger partial charge on any atom is 0.352 e. The molecule has 4 N–H and O–H groups in total. The number of benzene rings is 1. The van der Waals surface area contributed by atoms with E-state index < -0.39 is 11.9 Å². The van der Waals surface area contributed by atoms with Crippen LogP contribution in [0.5, 0.6) is 0 Å². The van der Waals surface area contributed by atoms with Gasteiger partial charge in [-0.15, -0.1) is 0 Å². The smallest absolute Gasteiger partial charge is 0.352 e. The van der Waals surface area contributed by atoms with Gasteiger partial charge in [0.05, 0.1) is 10.7 Å². The Balaban J connectivity index is 3.20. The van der Waals surface area contributed by atoms with Crippen LogP contribution in [0.1, 0.15) is 18.1 Å². The summed E-state index contributed by atoms with van der Waals surface area (Å²) in [7, 11) is 0. The molecule has 18 heavy (non-hydrogen) atoms. The van der Waals surface area contributed by atoms with Gasteiger partial charge >= 0.3 is 5.97 Å². The van der Waals surface area contributed by atoms with Crippen molar-refractivity contribution in [2.75, 3.05) is 5.73 Å². The van der Waals surface area contributed by atoms with Crippen LogP contribution in [-0.4, -0.2) is 17.0 Å². The highest BCUT2D eigenvalue weighted by molar-refractivity contribution is 6.33. The zero-order valence-electron chi connectivity index (χ0n) is 9.95. The Morgan fingerprint density at radius 2 is 2.06 bits per heavy atom. The average molecular weight is 269 g/mol. The summed E-state index contributed by atoms with van der Waals surface area (Å²) in [6, 6.07) is 3.22. The van der Waals surface area contributed by atoms with Gasteiger partial charge < -0.3 is 16.2 Å². The van der Waals surface area contributed by atoms with Crippen LogP contribution >= 0.6 is 11.6 Å². The molecule has 0 saturated carbocycles. The van der Waals surface area contributed by atoms with E-state index in [0.29, 0.717) is 16.3 Å². The maximum absolute atomic E-state index is 10.9. The Morgan fingerprint density at radius 3 is 2.50 bits per heavy atom. The van der Waals surface area contributed by atoms with E-state index in [1.807, 2.05) is 0 Å². The van der Waals surface area contributed by atoms with Gasteiger partial charge in [-0.05, 0) is 36.3 Å². The van der Waals surface area contributed by atoms with Crippen LogP contribution in [0.3, 0.4) is 0 Å². The molecular weight excluding hydrogens is 256 g/mol. The number of anilines is 1. The number of halogens is 1. The first-order chi connectivity index (χ1) is 8.31. The molecule has 0 heterocycles. The van der Waals surface area contributed by atoms with E-state index in [1.54, 1.807) is 13.0 Å². The van der Waals surface area contributed by atoms with Gasteiger partial charge in [0.25, 0.3) is 0 Å². The summed E-state index contributed by atoms with van der Waals surface area (Å²) in [5.74, 6) is -1.68. The van der Waals surface area contributed by atoms with E-state index in [0.717, 1.165) is 5.56 Å². The largest absolute Gasteiger partial charge is 0.477 e.